The molecular weight excluding hydrogens is 348 g/mol. The van der Waals surface area contributed by atoms with Crippen LogP contribution in [0.3, 0.4) is 0 Å². The second-order valence-electron chi connectivity index (χ2n) is 6.54. The van der Waals surface area contributed by atoms with Crippen molar-refractivity contribution in [3.05, 3.63) is 29.5 Å². The lowest BCUT2D eigenvalue weighted by Gasteiger charge is -2.17. The number of methoxy groups -OCH3 is 2. The van der Waals surface area contributed by atoms with Crippen molar-refractivity contribution in [3.63, 3.8) is 0 Å². The molecule has 1 aromatic carbocycles. The third-order valence-electron chi connectivity index (χ3n) is 4.15. The molecule has 0 radical (unpaired) electrons. The van der Waals surface area contributed by atoms with E-state index in [4.69, 9.17) is 14.2 Å². The first-order chi connectivity index (χ1) is 12.9. The average Bonchev–Trinajstić information content (AvgIpc) is 2.78. The molecule has 0 spiro atoms. The zero-order valence-electron chi connectivity index (χ0n) is 16.4. The van der Waals surface area contributed by atoms with Gasteiger partial charge in [0, 0.05) is 19.4 Å². The number of fused-ring (bicyclic) bond motifs is 1. The number of benzene rings is 1. The second-order valence-corrected chi connectivity index (χ2v) is 6.54. The van der Waals surface area contributed by atoms with Crippen molar-refractivity contribution in [3.8, 4) is 11.5 Å². The molecule has 0 saturated heterocycles. The topological polar surface area (TPSA) is 77.1 Å². The lowest BCUT2D eigenvalue weighted by molar-refractivity contribution is -0.132. The minimum Gasteiger partial charge on any atom is -0.493 e. The van der Waals surface area contributed by atoms with E-state index < -0.39 is 0 Å². The Balaban J connectivity index is 1.94. The van der Waals surface area contributed by atoms with Crippen LogP contribution in [0.25, 0.3) is 6.08 Å². The van der Waals surface area contributed by atoms with Crippen molar-refractivity contribution in [2.24, 2.45) is 0 Å². The van der Waals surface area contributed by atoms with Gasteiger partial charge in [0.15, 0.2) is 11.5 Å². The molecule has 1 aromatic rings. The van der Waals surface area contributed by atoms with Gasteiger partial charge in [-0.15, -0.1) is 0 Å². The smallest absolute Gasteiger partial charge is 0.240 e. The molecule has 7 heteroatoms. The summed E-state index contributed by atoms with van der Waals surface area (Å²) in [6.07, 6.45) is 4.56. The Bertz CT molecular complexity index is 700. The molecule has 1 aliphatic heterocycles. The largest absolute Gasteiger partial charge is 0.493 e. The number of hydrogen-bond donors (Lipinski definition) is 1. The van der Waals surface area contributed by atoms with Gasteiger partial charge in [0.25, 0.3) is 0 Å². The average molecular weight is 376 g/mol. The molecule has 0 saturated carbocycles. The molecule has 1 aliphatic rings. The van der Waals surface area contributed by atoms with Gasteiger partial charge < -0.3 is 24.4 Å². The van der Waals surface area contributed by atoms with E-state index in [0.717, 1.165) is 17.5 Å². The van der Waals surface area contributed by atoms with E-state index in [1.165, 1.54) is 4.90 Å². The van der Waals surface area contributed by atoms with Gasteiger partial charge in [0.1, 0.15) is 6.54 Å². The molecule has 2 rings (SSSR count). The molecule has 1 heterocycles. The van der Waals surface area contributed by atoms with E-state index in [9.17, 15) is 9.59 Å². The summed E-state index contributed by atoms with van der Waals surface area (Å²) in [5.41, 5.74) is 1.71. The van der Waals surface area contributed by atoms with E-state index in [-0.39, 0.29) is 30.9 Å². The number of carbonyl (C=O) groups excluding carboxylic acids is 2. The maximum absolute atomic E-state index is 12.5. The molecule has 2 amide bonds. The fourth-order valence-corrected chi connectivity index (χ4v) is 2.73. The van der Waals surface area contributed by atoms with E-state index >= 15 is 0 Å². The summed E-state index contributed by atoms with van der Waals surface area (Å²) in [6, 6.07) is 3.63. The van der Waals surface area contributed by atoms with Crippen LogP contribution in [0.5, 0.6) is 11.5 Å². The van der Waals surface area contributed by atoms with Crippen LogP contribution in [-0.4, -0.2) is 56.7 Å². The van der Waals surface area contributed by atoms with E-state index in [0.29, 0.717) is 24.7 Å². The molecule has 0 atom stereocenters. The number of ether oxygens (including phenoxy) is 3. The van der Waals surface area contributed by atoms with Gasteiger partial charge in [-0.1, -0.05) is 0 Å². The predicted molar refractivity (Wildman–Crippen MR) is 103 cm³/mol. The molecule has 0 fully saturated rings. The van der Waals surface area contributed by atoms with Crippen LogP contribution in [0.15, 0.2) is 18.3 Å². The summed E-state index contributed by atoms with van der Waals surface area (Å²) < 4.78 is 16.0. The number of hydrogen-bond acceptors (Lipinski definition) is 5. The van der Waals surface area contributed by atoms with E-state index in [2.05, 4.69) is 5.32 Å². The van der Waals surface area contributed by atoms with Gasteiger partial charge in [0.2, 0.25) is 11.8 Å². The van der Waals surface area contributed by atoms with Crippen molar-refractivity contribution < 1.29 is 23.8 Å². The van der Waals surface area contributed by atoms with Crippen molar-refractivity contribution in [2.75, 3.05) is 33.9 Å². The van der Waals surface area contributed by atoms with Crippen LogP contribution in [0, 0.1) is 0 Å². The summed E-state index contributed by atoms with van der Waals surface area (Å²) in [7, 11) is 3.13. The Labute approximate surface area is 160 Å². The van der Waals surface area contributed by atoms with Crippen LogP contribution in [-0.2, 0) is 20.7 Å². The highest BCUT2D eigenvalue weighted by Gasteiger charge is 2.21. The molecule has 0 aliphatic carbocycles. The SMILES string of the molecule is COc1cc2c(cc1OC)CC(=O)N(CC(=O)NCCCOC(C)C)C=C2. The summed E-state index contributed by atoms with van der Waals surface area (Å²) in [5, 5.41) is 2.82. The third-order valence-corrected chi connectivity index (χ3v) is 4.15. The Morgan fingerprint density at radius 2 is 1.93 bits per heavy atom. The van der Waals surface area contributed by atoms with Crippen molar-refractivity contribution in [1.29, 1.82) is 0 Å². The lowest BCUT2D eigenvalue weighted by atomic mass is 10.0. The standard InChI is InChI=1S/C20H28N2O5/c1-14(2)27-9-5-7-21-19(23)13-22-8-6-15-10-17(25-3)18(26-4)11-16(15)12-20(22)24/h6,8,10-11,14H,5,7,9,12-13H2,1-4H3,(H,21,23). The van der Waals surface area contributed by atoms with Crippen molar-refractivity contribution in [1.82, 2.24) is 10.2 Å². The first kappa shape index (κ1) is 20.8. The van der Waals surface area contributed by atoms with Crippen LogP contribution < -0.4 is 14.8 Å². The zero-order chi connectivity index (χ0) is 19.8. The van der Waals surface area contributed by atoms with Gasteiger partial charge in [0.05, 0.1) is 26.7 Å². The first-order valence-electron chi connectivity index (χ1n) is 9.05. The fourth-order valence-electron chi connectivity index (χ4n) is 2.73. The molecule has 7 nitrogen and oxygen atoms in total. The highest BCUT2D eigenvalue weighted by Crippen LogP contribution is 2.32. The third kappa shape index (κ3) is 5.99. The molecule has 1 N–H and O–H groups in total. The Kier molecular flexibility index (Phi) is 7.67. The molecule has 0 unspecified atom stereocenters. The van der Waals surface area contributed by atoms with E-state index in [1.807, 2.05) is 26.0 Å². The van der Waals surface area contributed by atoms with Crippen LogP contribution in [0.2, 0.25) is 0 Å². The number of nitrogens with one attached hydrogen (secondary N) is 1. The highest BCUT2D eigenvalue weighted by atomic mass is 16.5. The number of nitrogens with zero attached hydrogens (tertiary/aromatic N) is 1. The van der Waals surface area contributed by atoms with Crippen molar-refractivity contribution in [2.45, 2.75) is 32.8 Å². The van der Waals surface area contributed by atoms with Gasteiger partial charge >= 0.3 is 0 Å². The quantitative estimate of drug-likeness (QED) is 0.667. The molecular formula is C20H28N2O5. The Morgan fingerprint density at radius 3 is 2.59 bits per heavy atom. The minimum atomic E-state index is -0.196. The molecule has 27 heavy (non-hydrogen) atoms. The number of rotatable bonds is 9. The number of amides is 2. The van der Waals surface area contributed by atoms with Crippen LogP contribution >= 0.6 is 0 Å². The minimum absolute atomic E-state index is 0.0113. The van der Waals surface area contributed by atoms with Gasteiger partial charge in [-0.3, -0.25) is 9.59 Å². The summed E-state index contributed by atoms with van der Waals surface area (Å²) in [5.74, 6) is 0.838. The van der Waals surface area contributed by atoms with Gasteiger partial charge in [-0.25, -0.2) is 0 Å². The lowest BCUT2D eigenvalue weighted by Crippen LogP contribution is -2.38. The maximum atomic E-state index is 12.5. The summed E-state index contributed by atoms with van der Waals surface area (Å²) in [4.78, 5) is 26.1. The zero-order valence-corrected chi connectivity index (χ0v) is 16.4. The fraction of sp³-hybridized carbons (Fsp3) is 0.500. The first-order valence-corrected chi connectivity index (χ1v) is 9.05. The predicted octanol–water partition coefficient (Wildman–Crippen LogP) is 1.99. The highest BCUT2D eigenvalue weighted by molar-refractivity contribution is 5.89. The molecule has 0 bridgehead atoms. The maximum Gasteiger partial charge on any atom is 0.240 e. The monoisotopic (exact) mass is 376 g/mol. The Hall–Kier alpha value is -2.54. The molecule has 148 valence electrons. The normalized spacial score (nSPS) is 13.4. The van der Waals surface area contributed by atoms with Crippen LogP contribution in [0.1, 0.15) is 31.4 Å². The Morgan fingerprint density at radius 1 is 1.22 bits per heavy atom. The number of carbonyl (C=O) groups is 2. The van der Waals surface area contributed by atoms with Crippen LogP contribution in [0.4, 0.5) is 0 Å². The van der Waals surface area contributed by atoms with Crippen molar-refractivity contribution >= 4 is 17.9 Å². The van der Waals surface area contributed by atoms with E-state index in [1.54, 1.807) is 26.5 Å². The summed E-state index contributed by atoms with van der Waals surface area (Å²) in [6.45, 7) is 5.05. The second kappa shape index (κ2) is 9.97. The van der Waals surface area contributed by atoms with Gasteiger partial charge in [-0.05, 0) is 49.6 Å². The summed E-state index contributed by atoms with van der Waals surface area (Å²) >= 11 is 0. The molecule has 0 aromatic heterocycles. The van der Waals surface area contributed by atoms with Gasteiger partial charge in [-0.2, -0.15) is 0 Å².